The second kappa shape index (κ2) is 7.07. The van der Waals surface area contributed by atoms with Gasteiger partial charge in [-0.25, -0.2) is 8.78 Å². The van der Waals surface area contributed by atoms with Crippen LogP contribution in [-0.4, -0.2) is 17.0 Å². The molecule has 0 fully saturated rings. The number of aryl methyl sites for hydroxylation is 1. The van der Waals surface area contributed by atoms with E-state index < -0.39 is 41.4 Å². The molecule has 3 nitrogen and oxygen atoms in total. The normalized spacial score (nSPS) is 11.0. The first-order chi connectivity index (χ1) is 11.3. The standard InChI is InChI=1S/C17H17F4NO2/c1-4-5-22-9(2)6-11(10(22)3)14(23)8-24-17-15(20)12(18)7-13(19)16(17)21/h6-7H,4-5,8H2,1-3H3. The molecule has 0 saturated heterocycles. The van der Waals surface area contributed by atoms with Crippen molar-refractivity contribution in [3.05, 3.63) is 52.4 Å². The molecular weight excluding hydrogens is 326 g/mol. The van der Waals surface area contributed by atoms with Crippen LogP contribution in [0.15, 0.2) is 12.1 Å². The molecule has 1 aromatic heterocycles. The molecule has 0 unspecified atom stereocenters. The van der Waals surface area contributed by atoms with Crippen LogP contribution in [0.5, 0.6) is 5.75 Å². The average Bonchev–Trinajstić information content (AvgIpc) is 2.81. The van der Waals surface area contributed by atoms with Gasteiger partial charge in [-0.15, -0.1) is 0 Å². The molecule has 2 rings (SSSR count). The fourth-order valence-electron chi connectivity index (χ4n) is 2.54. The van der Waals surface area contributed by atoms with E-state index >= 15 is 0 Å². The van der Waals surface area contributed by atoms with Crippen molar-refractivity contribution in [2.45, 2.75) is 33.7 Å². The Bertz CT molecular complexity index is 757. The van der Waals surface area contributed by atoms with E-state index in [2.05, 4.69) is 0 Å². The van der Waals surface area contributed by atoms with Crippen LogP contribution in [0.4, 0.5) is 17.6 Å². The van der Waals surface area contributed by atoms with Gasteiger partial charge in [0.05, 0.1) is 0 Å². The van der Waals surface area contributed by atoms with Gasteiger partial charge in [-0.05, 0) is 26.3 Å². The Kier molecular flexibility index (Phi) is 5.31. The molecular formula is C17H17F4NO2. The number of rotatable bonds is 6. The summed E-state index contributed by atoms with van der Waals surface area (Å²) in [5.74, 6) is -8.27. The summed E-state index contributed by atoms with van der Waals surface area (Å²) < 4.78 is 59.9. The number of halogens is 4. The molecule has 0 aliphatic heterocycles. The molecule has 0 amide bonds. The van der Waals surface area contributed by atoms with E-state index in [0.29, 0.717) is 11.3 Å². The largest absolute Gasteiger partial charge is 0.479 e. The van der Waals surface area contributed by atoms with Gasteiger partial charge < -0.3 is 9.30 Å². The lowest BCUT2D eigenvalue weighted by Gasteiger charge is -2.10. The van der Waals surface area contributed by atoms with Crippen LogP contribution in [0.2, 0.25) is 0 Å². The summed E-state index contributed by atoms with van der Waals surface area (Å²) in [6, 6.07) is 1.73. The average molecular weight is 343 g/mol. The van der Waals surface area contributed by atoms with Crippen molar-refractivity contribution in [1.29, 1.82) is 0 Å². The number of hydrogen-bond donors (Lipinski definition) is 0. The number of aromatic nitrogens is 1. The molecule has 1 heterocycles. The van der Waals surface area contributed by atoms with Crippen molar-refractivity contribution in [2.75, 3.05) is 6.61 Å². The summed E-state index contributed by atoms with van der Waals surface area (Å²) in [6.07, 6.45) is 0.874. The molecule has 0 saturated carbocycles. The zero-order chi connectivity index (χ0) is 18.0. The summed E-state index contributed by atoms with van der Waals surface area (Å²) in [6.45, 7) is 5.57. The number of carbonyl (C=O) groups is 1. The summed E-state index contributed by atoms with van der Waals surface area (Å²) >= 11 is 0. The molecule has 7 heteroatoms. The molecule has 0 radical (unpaired) electrons. The van der Waals surface area contributed by atoms with Crippen LogP contribution >= 0.6 is 0 Å². The lowest BCUT2D eigenvalue weighted by molar-refractivity contribution is 0.0913. The minimum atomic E-state index is -1.67. The second-order valence-corrected chi connectivity index (χ2v) is 5.45. The molecule has 24 heavy (non-hydrogen) atoms. The van der Waals surface area contributed by atoms with Crippen molar-refractivity contribution in [3.63, 3.8) is 0 Å². The van der Waals surface area contributed by atoms with Crippen molar-refractivity contribution < 1.29 is 27.1 Å². The van der Waals surface area contributed by atoms with Crippen LogP contribution in [0, 0.1) is 37.1 Å². The molecule has 0 bridgehead atoms. The highest BCUT2D eigenvalue weighted by atomic mass is 19.2. The van der Waals surface area contributed by atoms with Crippen LogP contribution in [0.3, 0.4) is 0 Å². The Morgan fingerprint density at radius 2 is 1.67 bits per heavy atom. The molecule has 0 atom stereocenters. The lowest BCUT2D eigenvalue weighted by atomic mass is 10.1. The molecule has 1 aromatic carbocycles. The Balaban J connectivity index is 2.22. The quantitative estimate of drug-likeness (QED) is 0.444. The highest BCUT2D eigenvalue weighted by molar-refractivity contribution is 5.98. The predicted molar refractivity (Wildman–Crippen MR) is 80.3 cm³/mol. The van der Waals surface area contributed by atoms with Gasteiger partial charge in [0.2, 0.25) is 17.4 Å². The zero-order valence-corrected chi connectivity index (χ0v) is 13.6. The number of hydrogen-bond acceptors (Lipinski definition) is 2. The first-order valence-electron chi connectivity index (χ1n) is 7.43. The van der Waals surface area contributed by atoms with Crippen molar-refractivity contribution in [2.24, 2.45) is 0 Å². The van der Waals surface area contributed by atoms with Gasteiger partial charge in [-0.2, -0.15) is 8.78 Å². The summed E-state index contributed by atoms with van der Waals surface area (Å²) in [4.78, 5) is 12.2. The smallest absolute Gasteiger partial charge is 0.203 e. The lowest BCUT2D eigenvalue weighted by Crippen LogP contribution is -2.15. The Morgan fingerprint density at radius 1 is 1.08 bits per heavy atom. The number of ether oxygens (including phenoxy) is 1. The fourth-order valence-corrected chi connectivity index (χ4v) is 2.54. The molecule has 0 spiro atoms. The predicted octanol–water partition coefficient (Wildman–Crippen LogP) is 4.33. The molecule has 2 aromatic rings. The van der Waals surface area contributed by atoms with Gasteiger partial charge in [0.25, 0.3) is 0 Å². The number of carbonyl (C=O) groups excluding carboxylic acids is 1. The maximum absolute atomic E-state index is 13.5. The monoisotopic (exact) mass is 343 g/mol. The van der Waals surface area contributed by atoms with Gasteiger partial charge in [0.1, 0.15) is 0 Å². The van der Waals surface area contributed by atoms with Gasteiger partial charge in [-0.3, -0.25) is 4.79 Å². The van der Waals surface area contributed by atoms with Crippen LogP contribution in [0.25, 0.3) is 0 Å². The van der Waals surface area contributed by atoms with Crippen LogP contribution in [0.1, 0.15) is 35.1 Å². The number of benzene rings is 1. The maximum atomic E-state index is 13.5. The molecule has 0 aliphatic rings. The van der Waals surface area contributed by atoms with Crippen LogP contribution in [-0.2, 0) is 6.54 Å². The van der Waals surface area contributed by atoms with Gasteiger partial charge >= 0.3 is 0 Å². The van der Waals surface area contributed by atoms with Gasteiger partial charge in [0, 0.05) is 29.6 Å². The van der Waals surface area contributed by atoms with E-state index in [0.717, 1.165) is 18.7 Å². The summed E-state index contributed by atoms with van der Waals surface area (Å²) in [7, 11) is 0. The number of ketones is 1. The van der Waals surface area contributed by atoms with Crippen molar-refractivity contribution >= 4 is 5.78 Å². The Hall–Kier alpha value is -2.31. The molecule has 0 aliphatic carbocycles. The summed E-state index contributed by atoms with van der Waals surface area (Å²) in [5.41, 5.74) is 1.92. The Morgan fingerprint density at radius 3 is 2.21 bits per heavy atom. The third kappa shape index (κ3) is 3.29. The Labute approximate surface area is 136 Å². The van der Waals surface area contributed by atoms with Crippen LogP contribution < -0.4 is 4.74 Å². The van der Waals surface area contributed by atoms with E-state index in [1.807, 2.05) is 18.4 Å². The first kappa shape index (κ1) is 18.0. The van der Waals surface area contributed by atoms with E-state index in [4.69, 9.17) is 4.74 Å². The van der Waals surface area contributed by atoms with E-state index in [1.165, 1.54) is 0 Å². The van der Waals surface area contributed by atoms with Gasteiger partial charge in [0.15, 0.2) is 24.0 Å². The minimum Gasteiger partial charge on any atom is -0.479 e. The number of nitrogens with zero attached hydrogens (tertiary/aromatic N) is 1. The van der Waals surface area contributed by atoms with Crippen molar-refractivity contribution in [3.8, 4) is 5.75 Å². The third-order valence-corrected chi connectivity index (χ3v) is 3.74. The fraction of sp³-hybridized carbons (Fsp3) is 0.353. The third-order valence-electron chi connectivity index (χ3n) is 3.74. The minimum absolute atomic E-state index is 0.0811. The number of Topliss-reactive ketones (excluding diaryl/α,β-unsaturated/α-hetero) is 1. The van der Waals surface area contributed by atoms with E-state index in [1.54, 1.807) is 13.0 Å². The maximum Gasteiger partial charge on any atom is 0.203 e. The highest BCUT2D eigenvalue weighted by Crippen LogP contribution is 2.27. The summed E-state index contributed by atoms with van der Waals surface area (Å²) in [5, 5.41) is 0. The topological polar surface area (TPSA) is 31.2 Å². The molecule has 130 valence electrons. The van der Waals surface area contributed by atoms with E-state index in [-0.39, 0.29) is 6.07 Å². The zero-order valence-electron chi connectivity index (χ0n) is 13.6. The van der Waals surface area contributed by atoms with Gasteiger partial charge in [-0.1, -0.05) is 6.92 Å². The second-order valence-electron chi connectivity index (χ2n) is 5.45. The first-order valence-corrected chi connectivity index (χ1v) is 7.43. The SMILES string of the molecule is CCCn1c(C)cc(C(=O)COc2c(F)c(F)cc(F)c2F)c1C. The highest BCUT2D eigenvalue weighted by Gasteiger charge is 2.22. The molecule has 0 N–H and O–H groups in total. The van der Waals surface area contributed by atoms with E-state index in [9.17, 15) is 22.4 Å². The van der Waals surface area contributed by atoms with Crippen molar-refractivity contribution in [1.82, 2.24) is 4.57 Å².